The van der Waals surface area contributed by atoms with E-state index in [9.17, 15) is 4.79 Å². The summed E-state index contributed by atoms with van der Waals surface area (Å²) >= 11 is 0. The quantitative estimate of drug-likeness (QED) is 0.837. The van der Waals surface area contributed by atoms with Crippen molar-refractivity contribution < 1.29 is 14.3 Å². The van der Waals surface area contributed by atoms with Gasteiger partial charge in [0.1, 0.15) is 11.5 Å². The van der Waals surface area contributed by atoms with Crippen LogP contribution in [0, 0.1) is 13.8 Å². The Morgan fingerprint density at radius 1 is 1.12 bits per heavy atom. The molecule has 0 aromatic heterocycles. The lowest BCUT2D eigenvalue weighted by atomic mass is 10.0. The Labute approximate surface area is 143 Å². The summed E-state index contributed by atoms with van der Waals surface area (Å²) in [6.07, 6.45) is 0.807. The molecule has 4 heteroatoms. The van der Waals surface area contributed by atoms with Crippen molar-refractivity contribution in [1.82, 2.24) is 5.32 Å². The summed E-state index contributed by atoms with van der Waals surface area (Å²) in [4.78, 5) is 12.2. The van der Waals surface area contributed by atoms with Crippen LogP contribution in [0.1, 0.15) is 36.1 Å². The average molecular weight is 327 g/mol. The topological polar surface area (TPSA) is 47.6 Å². The van der Waals surface area contributed by atoms with E-state index in [0.717, 1.165) is 29.0 Å². The van der Waals surface area contributed by atoms with Crippen LogP contribution in [0.2, 0.25) is 0 Å². The van der Waals surface area contributed by atoms with E-state index < -0.39 is 0 Å². The zero-order valence-electron chi connectivity index (χ0n) is 14.8. The number of rotatable bonds is 7. The fraction of sp³-hybridized carbons (Fsp3) is 0.350. The van der Waals surface area contributed by atoms with Gasteiger partial charge in [-0.25, -0.2) is 0 Å². The predicted octanol–water partition coefficient (Wildman–Crippen LogP) is 3.96. The smallest absolute Gasteiger partial charge is 0.258 e. The molecule has 0 radical (unpaired) electrons. The van der Waals surface area contributed by atoms with Gasteiger partial charge in [0.15, 0.2) is 6.61 Å². The molecule has 0 spiro atoms. The van der Waals surface area contributed by atoms with Gasteiger partial charge in [0, 0.05) is 0 Å². The van der Waals surface area contributed by atoms with Gasteiger partial charge in [0.2, 0.25) is 0 Å². The summed E-state index contributed by atoms with van der Waals surface area (Å²) in [5.74, 6) is 1.42. The number of benzene rings is 2. The third-order valence-electron chi connectivity index (χ3n) is 3.95. The van der Waals surface area contributed by atoms with Crippen molar-refractivity contribution >= 4 is 5.91 Å². The van der Waals surface area contributed by atoms with E-state index in [0.29, 0.717) is 0 Å². The Morgan fingerprint density at radius 2 is 1.83 bits per heavy atom. The van der Waals surface area contributed by atoms with E-state index in [1.165, 1.54) is 5.56 Å². The summed E-state index contributed by atoms with van der Waals surface area (Å²) in [7, 11) is 1.64. The number of nitrogens with one attached hydrogen (secondary N) is 1. The van der Waals surface area contributed by atoms with Gasteiger partial charge in [0.05, 0.1) is 13.2 Å². The van der Waals surface area contributed by atoms with E-state index in [1.54, 1.807) is 7.11 Å². The molecule has 24 heavy (non-hydrogen) atoms. The van der Waals surface area contributed by atoms with E-state index >= 15 is 0 Å². The molecule has 2 aromatic rings. The molecule has 1 amide bonds. The maximum atomic E-state index is 12.2. The molecule has 0 saturated carbocycles. The first-order valence-corrected chi connectivity index (χ1v) is 8.16. The number of aryl methyl sites for hydroxylation is 2. The van der Waals surface area contributed by atoms with E-state index in [4.69, 9.17) is 9.47 Å². The van der Waals surface area contributed by atoms with Gasteiger partial charge in [0.25, 0.3) is 5.91 Å². The number of hydrogen-bond donors (Lipinski definition) is 1. The molecule has 0 aliphatic carbocycles. The monoisotopic (exact) mass is 327 g/mol. The minimum Gasteiger partial charge on any atom is -0.497 e. The molecule has 128 valence electrons. The first-order valence-electron chi connectivity index (χ1n) is 8.16. The zero-order valence-corrected chi connectivity index (χ0v) is 14.8. The number of ether oxygens (including phenoxy) is 2. The Kier molecular flexibility index (Phi) is 6.24. The second-order valence-electron chi connectivity index (χ2n) is 5.86. The number of methoxy groups -OCH3 is 1. The van der Waals surface area contributed by atoms with Gasteiger partial charge in [-0.15, -0.1) is 0 Å². The molecule has 0 aliphatic heterocycles. The zero-order chi connectivity index (χ0) is 17.5. The van der Waals surface area contributed by atoms with Gasteiger partial charge >= 0.3 is 0 Å². The standard InChI is InChI=1S/C20H25NO3/c1-5-18(16-7-9-17(23-4)10-8-16)21-20(22)13-24-19-11-6-14(2)12-15(19)3/h6-12,18H,5,13H2,1-4H3,(H,21,22)/t18-/m1/s1. The largest absolute Gasteiger partial charge is 0.497 e. The van der Waals surface area contributed by atoms with Crippen LogP contribution in [0.25, 0.3) is 0 Å². The lowest BCUT2D eigenvalue weighted by molar-refractivity contribution is -0.123. The van der Waals surface area contributed by atoms with Crippen LogP contribution in [0.3, 0.4) is 0 Å². The van der Waals surface area contributed by atoms with Crippen LogP contribution >= 0.6 is 0 Å². The first-order chi connectivity index (χ1) is 11.5. The molecule has 1 N–H and O–H groups in total. The molecule has 0 saturated heterocycles. The minimum absolute atomic E-state index is 0.0105. The van der Waals surface area contributed by atoms with Gasteiger partial charge in [-0.1, -0.05) is 36.8 Å². The highest BCUT2D eigenvalue weighted by atomic mass is 16.5. The van der Waals surface area contributed by atoms with E-state index in [-0.39, 0.29) is 18.6 Å². The molecule has 0 bridgehead atoms. The van der Waals surface area contributed by atoms with Crippen molar-refractivity contribution in [3.63, 3.8) is 0 Å². The maximum Gasteiger partial charge on any atom is 0.258 e. The highest BCUT2D eigenvalue weighted by Gasteiger charge is 2.13. The SMILES string of the molecule is CC[C@@H](NC(=O)COc1ccc(C)cc1C)c1ccc(OC)cc1. The van der Waals surface area contributed by atoms with Crippen molar-refractivity contribution in [1.29, 1.82) is 0 Å². The summed E-state index contributed by atoms with van der Waals surface area (Å²) in [6, 6.07) is 13.6. The number of hydrogen-bond acceptors (Lipinski definition) is 3. The molecule has 2 rings (SSSR count). The summed E-state index contributed by atoms with van der Waals surface area (Å²) < 4.78 is 10.8. The number of amides is 1. The summed E-state index contributed by atoms with van der Waals surface area (Å²) in [5, 5.41) is 3.02. The Morgan fingerprint density at radius 3 is 2.42 bits per heavy atom. The van der Waals surface area contributed by atoms with Crippen LogP contribution in [-0.4, -0.2) is 19.6 Å². The summed E-state index contributed by atoms with van der Waals surface area (Å²) in [5.41, 5.74) is 3.26. The molecule has 0 aliphatic rings. The Bertz CT molecular complexity index is 680. The number of carbonyl (C=O) groups is 1. The van der Waals surface area contributed by atoms with Crippen molar-refractivity contribution in [2.45, 2.75) is 33.2 Å². The Balaban J connectivity index is 1.93. The normalized spacial score (nSPS) is 11.7. The minimum atomic E-state index is -0.127. The second-order valence-corrected chi connectivity index (χ2v) is 5.86. The third kappa shape index (κ3) is 4.75. The van der Waals surface area contributed by atoms with Crippen molar-refractivity contribution in [3.8, 4) is 11.5 Å². The molecule has 0 heterocycles. The van der Waals surface area contributed by atoms with Gasteiger partial charge in [-0.3, -0.25) is 4.79 Å². The molecule has 2 aromatic carbocycles. The highest BCUT2D eigenvalue weighted by molar-refractivity contribution is 5.78. The second kappa shape index (κ2) is 8.39. The first kappa shape index (κ1) is 17.9. The van der Waals surface area contributed by atoms with Gasteiger partial charge < -0.3 is 14.8 Å². The van der Waals surface area contributed by atoms with E-state index in [1.807, 2.05) is 63.2 Å². The van der Waals surface area contributed by atoms with Crippen LogP contribution in [0.5, 0.6) is 11.5 Å². The van der Waals surface area contributed by atoms with Crippen molar-refractivity contribution in [2.75, 3.05) is 13.7 Å². The van der Waals surface area contributed by atoms with Crippen LogP contribution < -0.4 is 14.8 Å². The van der Waals surface area contributed by atoms with Crippen molar-refractivity contribution in [2.24, 2.45) is 0 Å². The van der Waals surface area contributed by atoms with Crippen molar-refractivity contribution in [3.05, 3.63) is 59.2 Å². The number of carbonyl (C=O) groups excluding carboxylic acids is 1. The van der Waals surface area contributed by atoms with Crippen LogP contribution in [-0.2, 0) is 4.79 Å². The van der Waals surface area contributed by atoms with Gasteiger partial charge in [-0.05, 0) is 49.6 Å². The van der Waals surface area contributed by atoms with Gasteiger partial charge in [-0.2, -0.15) is 0 Å². The van der Waals surface area contributed by atoms with Crippen LogP contribution in [0.4, 0.5) is 0 Å². The Hall–Kier alpha value is -2.49. The average Bonchev–Trinajstić information content (AvgIpc) is 2.59. The molecule has 0 fully saturated rings. The molecular formula is C20H25NO3. The molecule has 1 atom stereocenters. The maximum absolute atomic E-state index is 12.2. The fourth-order valence-electron chi connectivity index (χ4n) is 2.60. The van der Waals surface area contributed by atoms with E-state index in [2.05, 4.69) is 5.32 Å². The summed E-state index contributed by atoms with van der Waals surface area (Å²) in [6.45, 7) is 6.06. The lowest BCUT2D eigenvalue weighted by Gasteiger charge is -2.18. The highest BCUT2D eigenvalue weighted by Crippen LogP contribution is 2.21. The lowest BCUT2D eigenvalue weighted by Crippen LogP contribution is -2.32. The molecule has 4 nitrogen and oxygen atoms in total. The predicted molar refractivity (Wildman–Crippen MR) is 95.6 cm³/mol. The molecular weight excluding hydrogens is 302 g/mol. The van der Waals surface area contributed by atoms with Crippen LogP contribution in [0.15, 0.2) is 42.5 Å². The third-order valence-corrected chi connectivity index (χ3v) is 3.95. The molecule has 0 unspecified atom stereocenters. The fourth-order valence-corrected chi connectivity index (χ4v) is 2.60.